The summed E-state index contributed by atoms with van der Waals surface area (Å²) in [6.07, 6.45) is 8.15. The quantitative estimate of drug-likeness (QED) is 0.857. The third kappa shape index (κ3) is 3.51. The van der Waals surface area contributed by atoms with Crippen molar-refractivity contribution in [2.24, 2.45) is 5.92 Å². The number of H-pyrrole nitrogens is 1. The van der Waals surface area contributed by atoms with Gasteiger partial charge in [-0.1, -0.05) is 37.3 Å². The maximum Gasteiger partial charge on any atom is 0.223 e. The molecule has 6 heteroatoms. The Morgan fingerprint density at radius 2 is 1.94 bits per heavy atom. The van der Waals surface area contributed by atoms with Gasteiger partial charge in [-0.15, -0.1) is 10.2 Å². The molecule has 1 atom stereocenters. The van der Waals surface area contributed by atoms with Crippen LogP contribution in [-0.4, -0.2) is 26.5 Å². The van der Waals surface area contributed by atoms with Crippen molar-refractivity contribution in [2.45, 2.75) is 57.9 Å². The molecule has 1 aromatic rings. The summed E-state index contributed by atoms with van der Waals surface area (Å²) >= 11 is 0. The highest BCUT2D eigenvalue weighted by molar-refractivity contribution is 5.78. The van der Waals surface area contributed by atoms with Gasteiger partial charge in [0.2, 0.25) is 5.91 Å². The number of nitrogens with zero attached hydrogens (tertiary/aromatic N) is 3. The van der Waals surface area contributed by atoms with Crippen LogP contribution in [0.5, 0.6) is 0 Å². The number of hydrogen-bond donors (Lipinski definition) is 2. The number of amides is 1. The molecule has 1 aliphatic rings. The zero-order chi connectivity index (χ0) is 12.8. The highest BCUT2D eigenvalue weighted by Gasteiger charge is 2.22. The average molecular weight is 251 g/mol. The number of aromatic nitrogens is 4. The van der Waals surface area contributed by atoms with Crippen LogP contribution in [0.2, 0.25) is 0 Å². The van der Waals surface area contributed by atoms with Crippen molar-refractivity contribution in [2.75, 3.05) is 0 Å². The van der Waals surface area contributed by atoms with Gasteiger partial charge in [-0.2, -0.15) is 5.21 Å². The van der Waals surface area contributed by atoms with Crippen LogP contribution in [0.3, 0.4) is 0 Å². The Hall–Kier alpha value is -1.46. The molecule has 1 aliphatic carbocycles. The first-order valence-corrected chi connectivity index (χ1v) is 6.81. The predicted octanol–water partition coefficient (Wildman–Crippen LogP) is 1.74. The number of rotatable bonds is 3. The van der Waals surface area contributed by atoms with Gasteiger partial charge < -0.3 is 5.32 Å². The average Bonchev–Trinajstić information content (AvgIpc) is 2.81. The van der Waals surface area contributed by atoms with Gasteiger partial charge in [-0.05, 0) is 19.8 Å². The Kier molecular flexibility index (Phi) is 4.66. The maximum absolute atomic E-state index is 12.2. The van der Waals surface area contributed by atoms with E-state index in [1.807, 2.05) is 6.92 Å². The van der Waals surface area contributed by atoms with E-state index >= 15 is 0 Å². The van der Waals surface area contributed by atoms with Crippen molar-refractivity contribution in [3.8, 4) is 0 Å². The van der Waals surface area contributed by atoms with E-state index in [-0.39, 0.29) is 17.9 Å². The summed E-state index contributed by atoms with van der Waals surface area (Å²) in [5, 5.41) is 16.7. The van der Waals surface area contributed by atoms with E-state index in [1.165, 1.54) is 19.3 Å². The highest BCUT2D eigenvalue weighted by atomic mass is 16.1. The summed E-state index contributed by atoms with van der Waals surface area (Å²) in [6, 6.07) is -0.179. The molecule has 1 unspecified atom stereocenters. The molecule has 6 nitrogen and oxygen atoms in total. The number of carbonyl (C=O) groups is 1. The second-order valence-electron chi connectivity index (χ2n) is 5.04. The minimum Gasteiger partial charge on any atom is -0.346 e. The van der Waals surface area contributed by atoms with Crippen LogP contribution in [0.4, 0.5) is 0 Å². The SMILES string of the molecule is CC(NC(=O)C1CCCCCCC1)c1nn[nH]n1. The highest BCUT2D eigenvalue weighted by Crippen LogP contribution is 2.23. The fourth-order valence-corrected chi connectivity index (χ4v) is 2.47. The molecular formula is C12H21N5O. The fraction of sp³-hybridized carbons (Fsp3) is 0.833. The van der Waals surface area contributed by atoms with E-state index in [4.69, 9.17) is 0 Å². The van der Waals surface area contributed by atoms with Crippen LogP contribution < -0.4 is 5.32 Å². The molecule has 0 aliphatic heterocycles. The second-order valence-corrected chi connectivity index (χ2v) is 5.04. The molecule has 100 valence electrons. The van der Waals surface area contributed by atoms with Crippen molar-refractivity contribution in [3.05, 3.63) is 5.82 Å². The molecule has 1 amide bonds. The smallest absolute Gasteiger partial charge is 0.223 e. The minimum atomic E-state index is -0.179. The largest absolute Gasteiger partial charge is 0.346 e. The van der Waals surface area contributed by atoms with Crippen LogP contribution in [0.15, 0.2) is 0 Å². The third-order valence-electron chi connectivity index (χ3n) is 3.58. The van der Waals surface area contributed by atoms with E-state index in [2.05, 4.69) is 25.9 Å². The van der Waals surface area contributed by atoms with Crippen molar-refractivity contribution >= 4 is 5.91 Å². The number of nitrogens with one attached hydrogen (secondary N) is 2. The van der Waals surface area contributed by atoms with Crippen molar-refractivity contribution in [3.63, 3.8) is 0 Å². The molecule has 2 rings (SSSR count). The van der Waals surface area contributed by atoms with Gasteiger partial charge in [0.15, 0.2) is 5.82 Å². The van der Waals surface area contributed by atoms with Crippen molar-refractivity contribution in [1.82, 2.24) is 25.9 Å². The molecule has 18 heavy (non-hydrogen) atoms. The molecule has 2 N–H and O–H groups in total. The molecular weight excluding hydrogens is 230 g/mol. The molecule has 1 aromatic heterocycles. The first-order valence-electron chi connectivity index (χ1n) is 6.81. The van der Waals surface area contributed by atoms with Crippen molar-refractivity contribution in [1.29, 1.82) is 0 Å². The minimum absolute atomic E-state index is 0.134. The summed E-state index contributed by atoms with van der Waals surface area (Å²) in [6.45, 7) is 1.88. The van der Waals surface area contributed by atoms with Gasteiger partial charge in [-0.25, -0.2) is 0 Å². The number of hydrogen-bond acceptors (Lipinski definition) is 4. The van der Waals surface area contributed by atoms with Gasteiger partial charge in [0.1, 0.15) is 0 Å². The third-order valence-corrected chi connectivity index (χ3v) is 3.58. The van der Waals surface area contributed by atoms with E-state index in [9.17, 15) is 4.79 Å². The topological polar surface area (TPSA) is 83.6 Å². The van der Waals surface area contributed by atoms with Crippen molar-refractivity contribution < 1.29 is 4.79 Å². The Bertz CT molecular complexity index is 357. The van der Waals surface area contributed by atoms with Gasteiger partial charge in [0.05, 0.1) is 6.04 Å². The molecule has 0 spiro atoms. The van der Waals surface area contributed by atoms with Crippen LogP contribution in [0.1, 0.15) is 63.7 Å². The lowest BCUT2D eigenvalue weighted by atomic mass is 9.90. The molecule has 0 bridgehead atoms. The summed E-state index contributed by atoms with van der Waals surface area (Å²) in [4.78, 5) is 12.2. The molecule has 1 heterocycles. The lowest BCUT2D eigenvalue weighted by Gasteiger charge is -2.20. The molecule has 0 saturated heterocycles. The number of aromatic amines is 1. The van der Waals surface area contributed by atoms with E-state index in [0.717, 1.165) is 25.7 Å². The predicted molar refractivity (Wildman–Crippen MR) is 66.5 cm³/mol. The van der Waals surface area contributed by atoms with E-state index in [0.29, 0.717) is 5.82 Å². The number of carbonyl (C=O) groups excluding carboxylic acids is 1. The standard InChI is InChI=1S/C12H21N5O/c1-9(11-14-16-17-15-11)13-12(18)10-7-5-3-2-4-6-8-10/h9-10H,2-8H2,1H3,(H,13,18)(H,14,15,16,17). The van der Waals surface area contributed by atoms with Gasteiger partial charge in [0.25, 0.3) is 0 Å². The van der Waals surface area contributed by atoms with Crippen LogP contribution in [0.25, 0.3) is 0 Å². The summed E-state index contributed by atoms with van der Waals surface area (Å²) < 4.78 is 0. The van der Waals surface area contributed by atoms with E-state index < -0.39 is 0 Å². The monoisotopic (exact) mass is 251 g/mol. The summed E-state index contributed by atoms with van der Waals surface area (Å²) in [5.74, 6) is 0.822. The Morgan fingerprint density at radius 1 is 1.28 bits per heavy atom. The Balaban J connectivity index is 1.86. The van der Waals surface area contributed by atoms with E-state index in [1.54, 1.807) is 0 Å². The van der Waals surface area contributed by atoms with Crippen LogP contribution in [0, 0.1) is 5.92 Å². The maximum atomic E-state index is 12.2. The van der Waals surface area contributed by atoms with Gasteiger partial charge >= 0.3 is 0 Å². The molecule has 1 fully saturated rings. The zero-order valence-corrected chi connectivity index (χ0v) is 10.9. The Labute approximate surface area is 107 Å². The summed E-state index contributed by atoms with van der Waals surface area (Å²) in [7, 11) is 0. The number of tetrazole rings is 1. The second kappa shape index (κ2) is 6.47. The van der Waals surface area contributed by atoms with Gasteiger partial charge in [-0.3, -0.25) is 4.79 Å². The van der Waals surface area contributed by atoms with Gasteiger partial charge in [0, 0.05) is 5.92 Å². The zero-order valence-electron chi connectivity index (χ0n) is 10.9. The lowest BCUT2D eigenvalue weighted by Crippen LogP contribution is -2.33. The van der Waals surface area contributed by atoms with Crippen LogP contribution in [-0.2, 0) is 4.79 Å². The molecule has 1 saturated carbocycles. The summed E-state index contributed by atoms with van der Waals surface area (Å²) in [5.41, 5.74) is 0. The molecule has 0 radical (unpaired) electrons. The molecule has 0 aromatic carbocycles. The fourth-order valence-electron chi connectivity index (χ4n) is 2.47. The first-order chi connectivity index (χ1) is 8.77. The first kappa shape index (κ1) is 13.0. The normalized spacial score (nSPS) is 19.8. The lowest BCUT2D eigenvalue weighted by molar-refractivity contribution is -0.126. The Morgan fingerprint density at radius 3 is 2.56 bits per heavy atom. The van der Waals surface area contributed by atoms with Crippen LogP contribution >= 0.6 is 0 Å².